The summed E-state index contributed by atoms with van der Waals surface area (Å²) >= 11 is 0. The quantitative estimate of drug-likeness (QED) is 0.702. The summed E-state index contributed by atoms with van der Waals surface area (Å²) in [5, 5.41) is 9.09. The molecule has 0 aromatic carbocycles. The second kappa shape index (κ2) is 3.90. The van der Waals surface area contributed by atoms with E-state index in [0.717, 1.165) is 18.4 Å². The van der Waals surface area contributed by atoms with Crippen LogP contribution >= 0.6 is 0 Å². The number of aromatic nitrogens is 1. The van der Waals surface area contributed by atoms with Gasteiger partial charge in [0, 0.05) is 18.2 Å². The van der Waals surface area contributed by atoms with E-state index >= 15 is 0 Å². The zero-order chi connectivity index (χ0) is 10.8. The minimum absolute atomic E-state index is 0.0484. The fourth-order valence-electron chi connectivity index (χ4n) is 2.07. The summed E-state index contributed by atoms with van der Waals surface area (Å²) in [6.45, 7) is 4.75. The van der Waals surface area contributed by atoms with Gasteiger partial charge < -0.3 is 4.74 Å². The Bertz CT molecular complexity index is 420. The summed E-state index contributed by atoms with van der Waals surface area (Å²) in [5.41, 5.74) is 3.39. The Morgan fingerprint density at radius 3 is 3.13 bits per heavy atom. The third kappa shape index (κ3) is 1.56. The number of nitrogens with zero attached hydrogens (tertiary/aromatic N) is 2. The summed E-state index contributed by atoms with van der Waals surface area (Å²) in [5.74, 6) is 0.607. The molecule has 0 radical (unpaired) electrons. The number of hydrogen-bond acceptors (Lipinski definition) is 3. The van der Waals surface area contributed by atoms with Gasteiger partial charge in [0.1, 0.15) is 0 Å². The Labute approximate surface area is 89.7 Å². The summed E-state index contributed by atoms with van der Waals surface area (Å²) in [7, 11) is 0. The summed E-state index contributed by atoms with van der Waals surface area (Å²) in [6.07, 6.45) is 3.58. The van der Waals surface area contributed by atoms with Crippen LogP contribution in [0.2, 0.25) is 0 Å². The number of fused-ring (bicyclic) bond motifs is 1. The van der Waals surface area contributed by atoms with E-state index in [1.165, 1.54) is 11.1 Å². The molecule has 1 aliphatic heterocycles. The lowest BCUT2D eigenvalue weighted by Crippen LogP contribution is -2.16. The van der Waals surface area contributed by atoms with Crippen molar-refractivity contribution in [2.45, 2.75) is 32.6 Å². The SMILES string of the molecule is CCc1cnc2c(c1C)C(C#N)CCO2. The van der Waals surface area contributed by atoms with Crippen LogP contribution in [0.5, 0.6) is 5.88 Å². The second-order valence-corrected chi connectivity index (χ2v) is 3.80. The molecule has 0 fully saturated rings. The van der Waals surface area contributed by atoms with Crippen LogP contribution in [0, 0.1) is 18.3 Å². The van der Waals surface area contributed by atoms with Crippen molar-refractivity contribution in [3.8, 4) is 11.9 Å². The van der Waals surface area contributed by atoms with Crippen LogP contribution in [0.3, 0.4) is 0 Å². The Balaban J connectivity index is 2.57. The van der Waals surface area contributed by atoms with Gasteiger partial charge in [-0.15, -0.1) is 0 Å². The van der Waals surface area contributed by atoms with Gasteiger partial charge in [-0.2, -0.15) is 5.26 Å². The monoisotopic (exact) mass is 202 g/mol. The van der Waals surface area contributed by atoms with E-state index in [1.54, 1.807) is 0 Å². The van der Waals surface area contributed by atoms with Crippen molar-refractivity contribution in [3.63, 3.8) is 0 Å². The molecule has 1 unspecified atom stereocenters. The lowest BCUT2D eigenvalue weighted by atomic mass is 9.90. The first kappa shape index (κ1) is 9.97. The zero-order valence-corrected chi connectivity index (χ0v) is 9.08. The molecular weight excluding hydrogens is 188 g/mol. The lowest BCUT2D eigenvalue weighted by molar-refractivity contribution is 0.267. The number of nitriles is 1. The van der Waals surface area contributed by atoms with Crippen LogP contribution in [-0.4, -0.2) is 11.6 Å². The van der Waals surface area contributed by atoms with Gasteiger partial charge in [-0.05, 0) is 24.5 Å². The lowest BCUT2D eigenvalue weighted by Gasteiger charge is -2.23. The molecule has 2 heterocycles. The van der Waals surface area contributed by atoms with Gasteiger partial charge in [-0.1, -0.05) is 6.92 Å². The van der Waals surface area contributed by atoms with Crippen molar-refractivity contribution < 1.29 is 4.74 Å². The van der Waals surface area contributed by atoms with Crippen LogP contribution < -0.4 is 4.74 Å². The summed E-state index contributed by atoms with van der Waals surface area (Å²) in [4.78, 5) is 4.28. The van der Waals surface area contributed by atoms with Crippen LogP contribution in [0.1, 0.15) is 36.0 Å². The van der Waals surface area contributed by atoms with E-state index in [1.807, 2.05) is 6.20 Å². The topological polar surface area (TPSA) is 45.9 Å². The highest BCUT2D eigenvalue weighted by atomic mass is 16.5. The summed E-state index contributed by atoms with van der Waals surface area (Å²) < 4.78 is 5.47. The van der Waals surface area contributed by atoms with Crippen molar-refractivity contribution in [1.29, 1.82) is 5.26 Å². The maximum atomic E-state index is 9.09. The third-order valence-corrected chi connectivity index (χ3v) is 2.98. The molecule has 3 nitrogen and oxygen atoms in total. The van der Waals surface area contributed by atoms with Gasteiger partial charge in [0.25, 0.3) is 0 Å². The molecule has 0 N–H and O–H groups in total. The number of pyridine rings is 1. The molecule has 1 aromatic rings. The van der Waals surface area contributed by atoms with Crippen molar-refractivity contribution >= 4 is 0 Å². The van der Waals surface area contributed by atoms with Crippen molar-refractivity contribution in [2.24, 2.45) is 0 Å². The highest BCUT2D eigenvalue weighted by Crippen LogP contribution is 2.35. The fourth-order valence-corrected chi connectivity index (χ4v) is 2.07. The largest absolute Gasteiger partial charge is 0.477 e. The van der Waals surface area contributed by atoms with E-state index in [2.05, 4.69) is 24.9 Å². The van der Waals surface area contributed by atoms with Crippen molar-refractivity contribution in [3.05, 3.63) is 22.9 Å². The molecule has 15 heavy (non-hydrogen) atoms. The minimum atomic E-state index is -0.0484. The highest BCUT2D eigenvalue weighted by molar-refractivity contribution is 5.45. The van der Waals surface area contributed by atoms with Gasteiger partial charge in [-0.25, -0.2) is 4.98 Å². The Hall–Kier alpha value is -1.56. The van der Waals surface area contributed by atoms with E-state index < -0.39 is 0 Å². The molecular formula is C12H14N2O. The molecule has 1 atom stereocenters. The maximum Gasteiger partial charge on any atom is 0.218 e. The van der Waals surface area contributed by atoms with Crippen molar-refractivity contribution in [1.82, 2.24) is 4.98 Å². The molecule has 3 heteroatoms. The number of ether oxygens (including phenoxy) is 1. The average molecular weight is 202 g/mol. The van der Waals surface area contributed by atoms with Gasteiger partial charge in [-0.3, -0.25) is 0 Å². The molecule has 0 aliphatic carbocycles. The van der Waals surface area contributed by atoms with E-state index in [0.29, 0.717) is 12.5 Å². The normalized spacial score (nSPS) is 18.9. The standard InChI is InChI=1S/C12H14N2O/c1-3-9-7-14-12-11(8(9)2)10(6-13)4-5-15-12/h7,10H,3-5H2,1-2H3. The molecule has 78 valence electrons. The fraction of sp³-hybridized carbons (Fsp3) is 0.500. The molecule has 0 saturated heterocycles. The first-order valence-corrected chi connectivity index (χ1v) is 5.28. The second-order valence-electron chi connectivity index (χ2n) is 3.80. The van der Waals surface area contributed by atoms with E-state index in [9.17, 15) is 0 Å². The molecule has 0 amide bonds. The summed E-state index contributed by atoms with van der Waals surface area (Å²) in [6, 6.07) is 2.33. The van der Waals surface area contributed by atoms with Gasteiger partial charge in [0.05, 0.1) is 18.6 Å². The Morgan fingerprint density at radius 2 is 2.47 bits per heavy atom. The molecule has 1 aliphatic rings. The van der Waals surface area contributed by atoms with Gasteiger partial charge >= 0.3 is 0 Å². The highest BCUT2D eigenvalue weighted by Gasteiger charge is 2.25. The number of aryl methyl sites for hydroxylation is 1. The van der Waals surface area contributed by atoms with Gasteiger partial charge in [0.15, 0.2) is 0 Å². The Kier molecular flexibility index (Phi) is 2.59. The van der Waals surface area contributed by atoms with E-state index in [4.69, 9.17) is 10.00 Å². The van der Waals surface area contributed by atoms with Crippen LogP contribution in [-0.2, 0) is 6.42 Å². The van der Waals surface area contributed by atoms with Crippen molar-refractivity contribution in [2.75, 3.05) is 6.61 Å². The molecule has 0 bridgehead atoms. The van der Waals surface area contributed by atoms with Crippen LogP contribution in [0.15, 0.2) is 6.20 Å². The smallest absolute Gasteiger partial charge is 0.218 e. The molecule has 0 saturated carbocycles. The molecule has 1 aromatic heterocycles. The molecule has 2 rings (SSSR count). The first-order valence-electron chi connectivity index (χ1n) is 5.28. The maximum absolute atomic E-state index is 9.09. The Morgan fingerprint density at radius 1 is 1.67 bits per heavy atom. The van der Waals surface area contributed by atoms with Gasteiger partial charge in [0.2, 0.25) is 5.88 Å². The number of hydrogen-bond donors (Lipinski definition) is 0. The predicted molar refractivity (Wildman–Crippen MR) is 56.8 cm³/mol. The van der Waals surface area contributed by atoms with Crippen LogP contribution in [0.4, 0.5) is 0 Å². The zero-order valence-electron chi connectivity index (χ0n) is 9.08. The average Bonchev–Trinajstić information content (AvgIpc) is 2.29. The predicted octanol–water partition coefficient (Wildman–Crippen LogP) is 2.34. The first-order chi connectivity index (χ1) is 7.27. The van der Waals surface area contributed by atoms with E-state index in [-0.39, 0.29) is 5.92 Å². The number of rotatable bonds is 1. The minimum Gasteiger partial charge on any atom is -0.477 e. The molecule has 0 spiro atoms. The van der Waals surface area contributed by atoms with Crippen LogP contribution in [0.25, 0.3) is 0 Å². The third-order valence-electron chi connectivity index (χ3n) is 2.98.